The number of hydrogen-bond donors (Lipinski definition) is 1. The first-order chi connectivity index (χ1) is 7.24. The van der Waals surface area contributed by atoms with E-state index in [9.17, 15) is 4.79 Å². The Bertz CT molecular complexity index is 505. The fourth-order valence-electron chi connectivity index (χ4n) is 1.78. The van der Waals surface area contributed by atoms with E-state index in [4.69, 9.17) is 5.73 Å². The number of carbonyl (C=O) groups is 1. The van der Waals surface area contributed by atoms with Gasteiger partial charge in [-0.3, -0.25) is 0 Å². The van der Waals surface area contributed by atoms with Crippen LogP contribution in [0.2, 0.25) is 0 Å². The summed E-state index contributed by atoms with van der Waals surface area (Å²) in [7, 11) is 0. The Kier molecular flexibility index (Phi) is 2.42. The third-order valence-corrected chi connectivity index (χ3v) is 2.70. The molecule has 1 atom stereocenters. The minimum atomic E-state index is -0.144. The smallest absolute Gasteiger partial charge is 0.127 e. The maximum Gasteiger partial charge on any atom is 0.127 e. The van der Waals surface area contributed by atoms with Crippen molar-refractivity contribution in [2.75, 3.05) is 5.73 Å². The van der Waals surface area contributed by atoms with E-state index in [2.05, 4.69) is 0 Å². The summed E-state index contributed by atoms with van der Waals surface area (Å²) in [5.41, 5.74) is 7.66. The van der Waals surface area contributed by atoms with E-state index in [-0.39, 0.29) is 5.92 Å². The summed E-state index contributed by atoms with van der Waals surface area (Å²) in [5.74, 6) is -0.144. The van der Waals surface area contributed by atoms with Gasteiger partial charge in [0.15, 0.2) is 0 Å². The van der Waals surface area contributed by atoms with Crippen LogP contribution in [-0.4, -0.2) is 6.29 Å². The first-order valence-corrected chi connectivity index (χ1v) is 4.96. The average molecular weight is 199 g/mol. The first-order valence-electron chi connectivity index (χ1n) is 4.96. The molecule has 2 nitrogen and oxygen atoms in total. The van der Waals surface area contributed by atoms with Gasteiger partial charge in [0.1, 0.15) is 6.29 Å². The molecule has 2 aromatic carbocycles. The fraction of sp³-hybridized carbons (Fsp3) is 0.154. The molecular weight excluding hydrogens is 186 g/mol. The Morgan fingerprint density at radius 2 is 1.93 bits per heavy atom. The van der Waals surface area contributed by atoms with E-state index < -0.39 is 0 Å². The van der Waals surface area contributed by atoms with Crippen LogP contribution < -0.4 is 5.73 Å². The molecule has 2 aromatic rings. The van der Waals surface area contributed by atoms with Crippen LogP contribution >= 0.6 is 0 Å². The van der Waals surface area contributed by atoms with Gasteiger partial charge in [0.05, 0.1) is 0 Å². The highest BCUT2D eigenvalue weighted by Gasteiger charge is 2.09. The highest BCUT2D eigenvalue weighted by Crippen LogP contribution is 2.28. The molecule has 0 aliphatic heterocycles. The van der Waals surface area contributed by atoms with Crippen LogP contribution in [0.15, 0.2) is 36.4 Å². The summed E-state index contributed by atoms with van der Waals surface area (Å²) >= 11 is 0. The number of rotatable bonds is 2. The number of aldehydes is 1. The van der Waals surface area contributed by atoms with E-state index in [1.54, 1.807) is 0 Å². The van der Waals surface area contributed by atoms with Crippen molar-refractivity contribution < 1.29 is 4.79 Å². The molecule has 0 bridgehead atoms. The van der Waals surface area contributed by atoms with Gasteiger partial charge in [-0.05, 0) is 10.9 Å². The maximum absolute atomic E-state index is 10.7. The van der Waals surface area contributed by atoms with Crippen LogP contribution in [0.25, 0.3) is 10.8 Å². The molecule has 2 N–H and O–H groups in total. The molecule has 0 saturated heterocycles. The summed E-state index contributed by atoms with van der Waals surface area (Å²) in [4.78, 5) is 10.7. The number of anilines is 1. The Balaban J connectivity index is 2.70. The van der Waals surface area contributed by atoms with Crippen LogP contribution in [0.4, 0.5) is 5.69 Å². The lowest BCUT2D eigenvalue weighted by molar-refractivity contribution is -0.108. The van der Waals surface area contributed by atoms with E-state index in [0.29, 0.717) is 5.69 Å². The molecule has 1 unspecified atom stereocenters. The van der Waals surface area contributed by atoms with Gasteiger partial charge in [0, 0.05) is 17.0 Å². The van der Waals surface area contributed by atoms with Gasteiger partial charge >= 0.3 is 0 Å². The molecular formula is C13H13NO. The molecule has 2 heteroatoms. The predicted octanol–water partition coefficient (Wildman–Crippen LogP) is 2.72. The number of nitrogen functional groups attached to an aromatic ring is 1. The predicted molar refractivity (Wildman–Crippen MR) is 62.8 cm³/mol. The monoisotopic (exact) mass is 199 g/mol. The molecule has 0 heterocycles. The zero-order chi connectivity index (χ0) is 10.8. The summed E-state index contributed by atoms with van der Waals surface area (Å²) in [5, 5.41) is 2.13. The van der Waals surface area contributed by atoms with Crippen LogP contribution in [0.3, 0.4) is 0 Å². The average Bonchev–Trinajstić information content (AvgIpc) is 2.29. The summed E-state index contributed by atoms with van der Waals surface area (Å²) in [6.45, 7) is 1.85. The van der Waals surface area contributed by atoms with Gasteiger partial charge in [-0.25, -0.2) is 0 Å². The first kappa shape index (κ1) is 9.71. The van der Waals surface area contributed by atoms with Crippen LogP contribution in [0, 0.1) is 0 Å². The molecule has 0 aliphatic rings. The second kappa shape index (κ2) is 3.73. The minimum Gasteiger partial charge on any atom is -0.398 e. The highest BCUT2D eigenvalue weighted by atomic mass is 16.1. The number of fused-ring (bicyclic) bond motifs is 1. The third-order valence-electron chi connectivity index (χ3n) is 2.70. The van der Waals surface area contributed by atoms with Crippen molar-refractivity contribution in [1.82, 2.24) is 0 Å². The molecule has 0 aromatic heterocycles. The second-order valence-corrected chi connectivity index (χ2v) is 3.71. The molecule has 15 heavy (non-hydrogen) atoms. The van der Waals surface area contributed by atoms with Crippen molar-refractivity contribution in [3.05, 3.63) is 42.0 Å². The SMILES string of the molecule is CC(C=O)c1ccc2ccccc2c1N. The highest BCUT2D eigenvalue weighted by molar-refractivity contribution is 5.95. The van der Waals surface area contributed by atoms with Gasteiger partial charge in [-0.15, -0.1) is 0 Å². The Morgan fingerprint density at radius 3 is 2.67 bits per heavy atom. The van der Waals surface area contributed by atoms with Crippen molar-refractivity contribution in [3.63, 3.8) is 0 Å². The number of hydrogen-bond acceptors (Lipinski definition) is 2. The van der Waals surface area contributed by atoms with Gasteiger partial charge in [0.25, 0.3) is 0 Å². The van der Waals surface area contributed by atoms with E-state index >= 15 is 0 Å². The van der Waals surface area contributed by atoms with E-state index in [1.165, 1.54) is 0 Å². The zero-order valence-corrected chi connectivity index (χ0v) is 8.60. The van der Waals surface area contributed by atoms with E-state index in [0.717, 1.165) is 22.6 Å². The molecule has 0 spiro atoms. The quantitative estimate of drug-likeness (QED) is 0.597. The topological polar surface area (TPSA) is 43.1 Å². The van der Waals surface area contributed by atoms with Gasteiger partial charge < -0.3 is 10.5 Å². The lowest BCUT2D eigenvalue weighted by Crippen LogP contribution is -2.00. The summed E-state index contributed by atoms with van der Waals surface area (Å²) < 4.78 is 0. The minimum absolute atomic E-state index is 0.144. The Hall–Kier alpha value is -1.83. The van der Waals surface area contributed by atoms with Gasteiger partial charge in [-0.1, -0.05) is 43.3 Å². The summed E-state index contributed by atoms with van der Waals surface area (Å²) in [6.07, 6.45) is 0.917. The fourth-order valence-corrected chi connectivity index (χ4v) is 1.78. The maximum atomic E-state index is 10.7. The van der Waals surface area contributed by atoms with Crippen LogP contribution in [0.1, 0.15) is 18.4 Å². The van der Waals surface area contributed by atoms with Crippen molar-refractivity contribution in [3.8, 4) is 0 Å². The van der Waals surface area contributed by atoms with Crippen molar-refractivity contribution in [2.24, 2.45) is 0 Å². The summed E-state index contributed by atoms with van der Waals surface area (Å²) in [6, 6.07) is 11.9. The van der Waals surface area contributed by atoms with Crippen LogP contribution in [0.5, 0.6) is 0 Å². The number of benzene rings is 2. The van der Waals surface area contributed by atoms with Gasteiger partial charge in [0.2, 0.25) is 0 Å². The number of nitrogens with two attached hydrogens (primary N) is 1. The molecule has 0 aliphatic carbocycles. The third kappa shape index (κ3) is 1.59. The second-order valence-electron chi connectivity index (χ2n) is 3.71. The Morgan fingerprint density at radius 1 is 1.20 bits per heavy atom. The molecule has 76 valence electrons. The van der Waals surface area contributed by atoms with Gasteiger partial charge in [-0.2, -0.15) is 0 Å². The van der Waals surface area contributed by atoms with Crippen LogP contribution in [-0.2, 0) is 4.79 Å². The largest absolute Gasteiger partial charge is 0.398 e. The zero-order valence-electron chi connectivity index (χ0n) is 8.60. The lowest BCUT2D eigenvalue weighted by atomic mass is 9.96. The molecule has 0 amide bonds. The van der Waals surface area contributed by atoms with E-state index in [1.807, 2.05) is 43.3 Å². The van der Waals surface area contributed by atoms with Crippen molar-refractivity contribution in [2.45, 2.75) is 12.8 Å². The number of carbonyl (C=O) groups excluding carboxylic acids is 1. The lowest BCUT2D eigenvalue weighted by Gasteiger charge is -2.10. The normalized spacial score (nSPS) is 12.6. The van der Waals surface area contributed by atoms with Crippen molar-refractivity contribution in [1.29, 1.82) is 0 Å². The molecule has 0 radical (unpaired) electrons. The molecule has 0 fully saturated rings. The molecule has 2 rings (SSSR count). The molecule has 0 saturated carbocycles. The van der Waals surface area contributed by atoms with Crippen molar-refractivity contribution >= 4 is 22.7 Å². The standard InChI is InChI=1S/C13H13NO/c1-9(8-15)11-7-6-10-4-2-3-5-12(10)13(11)14/h2-9H,14H2,1H3. The Labute approximate surface area is 88.7 Å².